The highest BCUT2D eigenvalue weighted by Crippen LogP contribution is 2.21. The normalized spacial score (nSPS) is 16.7. The van der Waals surface area contributed by atoms with E-state index in [0.717, 1.165) is 32.7 Å². The Morgan fingerprint density at radius 1 is 1.04 bits per heavy atom. The number of benzene rings is 2. The molecule has 1 saturated heterocycles. The van der Waals surface area contributed by atoms with Gasteiger partial charge in [-0.1, -0.05) is 42.5 Å². The number of alkyl halides is 3. The summed E-state index contributed by atoms with van der Waals surface area (Å²) in [6, 6.07) is 14.7. The van der Waals surface area contributed by atoms with Gasteiger partial charge < -0.3 is 10.2 Å². The summed E-state index contributed by atoms with van der Waals surface area (Å²) in [5.41, 5.74) is 1.30. The third kappa shape index (κ3) is 5.35. The molecule has 2 aromatic carbocycles. The first-order valence-corrected chi connectivity index (χ1v) is 9.17. The Hall–Kier alpha value is -2.28. The largest absolute Gasteiger partial charge is 0.390 e. The van der Waals surface area contributed by atoms with Gasteiger partial charge in [0.25, 0.3) is 0 Å². The van der Waals surface area contributed by atoms with Gasteiger partial charge in [-0.15, -0.1) is 0 Å². The van der Waals surface area contributed by atoms with Crippen LogP contribution in [0.1, 0.15) is 12.0 Å². The van der Waals surface area contributed by atoms with Gasteiger partial charge in [0.15, 0.2) is 5.96 Å². The van der Waals surface area contributed by atoms with Crippen LogP contribution >= 0.6 is 0 Å². The molecule has 0 saturated carbocycles. The predicted octanol–water partition coefficient (Wildman–Crippen LogP) is 3.49. The van der Waals surface area contributed by atoms with Gasteiger partial charge in [0.2, 0.25) is 0 Å². The SMILES string of the molecule is CN=C(NCCC(F)(F)F)N1CCN(Cc2cccc3ccccc23)CC1. The molecule has 1 heterocycles. The Labute approximate surface area is 157 Å². The van der Waals surface area contributed by atoms with Gasteiger partial charge in [0.05, 0.1) is 6.42 Å². The number of fused-ring (bicyclic) bond motifs is 1. The van der Waals surface area contributed by atoms with Crippen molar-refractivity contribution in [3.63, 3.8) is 0 Å². The van der Waals surface area contributed by atoms with Crippen LogP contribution in [0.4, 0.5) is 13.2 Å². The van der Waals surface area contributed by atoms with Crippen LogP contribution < -0.4 is 5.32 Å². The monoisotopic (exact) mass is 378 g/mol. The van der Waals surface area contributed by atoms with E-state index >= 15 is 0 Å². The maximum absolute atomic E-state index is 12.3. The number of hydrogen-bond donors (Lipinski definition) is 1. The molecule has 1 N–H and O–H groups in total. The molecule has 3 rings (SSSR count). The van der Waals surface area contributed by atoms with Crippen molar-refractivity contribution in [1.29, 1.82) is 0 Å². The van der Waals surface area contributed by atoms with E-state index in [9.17, 15) is 13.2 Å². The van der Waals surface area contributed by atoms with Crippen molar-refractivity contribution in [1.82, 2.24) is 15.1 Å². The summed E-state index contributed by atoms with van der Waals surface area (Å²) in [5.74, 6) is 0.545. The average Bonchev–Trinajstić information content (AvgIpc) is 2.66. The minimum Gasteiger partial charge on any atom is -0.356 e. The Balaban J connectivity index is 1.54. The van der Waals surface area contributed by atoms with Crippen molar-refractivity contribution in [2.45, 2.75) is 19.1 Å². The Morgan fingerprint density at radius 2 is 1.74 bits per heavy atom. The highest BCUT2D eigenvalue weighted by molar-refractivity contribution is 5.85. The summed E-state index contributed by atoms with van der Waals surface area (Å²) in [6.45, 7) is 3.92. The van der Waals surface area contributed by atoms with Crippen LogP contribution in [0.25, 0.3) is 10.8 Å². The molecule has 1 fully saturated rings. The number of halogens is 3. The number of guanidine groups is 1. The van der Waals surface area contributed by atoms with Gasteiger partial charge >= 0.3 is 6.18 Å². The van der Waals surface area contributed by atoms with Crippen molar-refractivity contribution in [3.8, 4) is 0 Å². The minimum absolute atomic E-state index is 0.146. The topological polar surface area (TPSA) is 30.9 Å². The zero-order valence-corrected chi connectivity index (χ0v) is 15.5. The summed E-state index contributed by atoms with van der Waals surface area (Å²) < 4.78 is 37.0. The molecule has 0 bridgehead atoms. The van der Waals surface area contributed by atoms with E-state index in [1.54, 1.807) is 7.05 Å². The highest BCUT2D eigenvalue weighted by atomic mass is 19.4. The lowest BCUT2D eigenvalue weighted by Gasteiger charge is -2.36. The van der Waals surface area contributed by atoms with E-state index in [2.05, 4.69) is 51.6 Å². The summed E-state index contributed by atoms with van der Waals surface area (Å²) in [6.07, 6.45) is -5.00. The number of hydrogen-bond acceptors (Lipinski definition) is 2. The first-order chi connectivity index (χ1) is 13.0. The summed E-state index contributed by atoms with van der Waals surface area (Å²) in [7, 11) is 1.61. The van der Waals surface area contributed by atoms with Gasteiger partial charge in [-0.25, -0.2) is 0 Å². The van der Waals surface area contributed by atoms with Crippen LogP contribution in [0.2, 0.25) is 0 Å². The zero-order chi connectivity index (χ0) is 19.3. The van der Waals surface area contributed by atoms with Gasteiger partial charge in [-0.05, 0) is 16.3 Å². The second-order valence-electron chi connectivity index (χ2n) is 6.74. The van der Waals surface area contributed by atoms with Gasteiger partial charge in [0, 0.05) is 46.3 Å². The summed E-state index contributed by atoms with van der Waals surface area (Å²) in [5, 5.41) is 5.33. The maximum atomic E-state index is 12.3. The minimum atomic E-state index is -4.15. The van der Waals surface area contributed by atoms with Crippen LogP contribution in [0, 0.1) is 0 Å². The Bertz CT molecular complexity index is 775. The third-order valence-corrected chi connectivity index (χ3v) is 4.85. The first kappa shape index (κ1) is 19.5. The molecular formula is C20H25F3N4. The van der Waals surface area contributed by atoms with Gasteiger partial charge in [-0.2, -0.15) is 13.2 Å². The van der Waals surface area contributed by atoms with Crippen LogP contribution in [0.15, 0.2) is 47.5 Å². The van der Waals surface area contributed by atoms with Crippen molar-refractivity contribution >= 4 is 16.7 Å². The molecule has 1 aliphatic rings. The number of nitrogens with one attached hydrogen (secondary N) is 1. The maximum Gasteiger partial charge on any atom is 0.390 e. The zero-order valence-electron chi connectivity index (χ0n) is 15.5. The van der Waals surface area contributed by atoms with E-state index in [-0.39, 0.29) is 6.54 Å². The molecule has 0 aromatic heterocycles. The summed E-state index contributed by atoms with van der Waals surface area (Å²) in [4.78, 5) is 8.53. The van der Waals surface area contributed by atoms with Crippen molar-refractivity contribution in [2.75, 3.05) is 39.8 Å². The third-order valence-electron chi connectivity index (χ3n) is 4.85. The fourth-order valence-electron chi connectivity index (χ4n) is 3.44. The molecule has 0 unspecified atom stereocenters. The van der Waals surface area contributed by atoms with Crippen LogP contribution in [0.3, 0.4) is 0 Å². The first-order valence-electron chi connectivity index (χ1n) is 9.17. The molecule has 7 heteroatoms. The number of nitrogens with zero attached hydrogens (tertiary/aromatic N) is 3. The molecule has 0 radical (unpaired) electrons. The second-order valence-corrected chi connectivity index (χ2v) is 6.74. The predicted molar refractivity (Wildman–Crippen MR) is 103 cm³/mol. The molecule has 0 aliphatic carbocycles. The van der Waals surface area contributed by atoms with Crippen molar-refractivity contribution in [2.24, 2.45) is 4.99 Å². The van der Waals surface area contributed by atoms with E-state index in [1.807, 2.05) is 11.0 Å². The Kier molecular flexibility index (Phi) is 6.21. The fourth-order valence-corrected chi connectivity index (χ4v) is 3.44. The van der Waals surface area contributed by atoms with E-state index < -0.39 is 12.6 Å². The standard InChI is InChI=1S/C20H25F3N4/c1-24-19(25-10-9-20(21,22)23)27-13-11-26(12-14-27)15-17-7-4-6-16-5-2-3-8-18(16)17/h2-8H,9-15H2,1H3,(H,24,25). The van der Waals surface area contributed by atoms with Crippen molar-refractivity contribution in [3.05, 3.63) is 48.0 Å². The lowest BCUT2D eigenvalue weighted by molar-refractivity contribution is -0.132. The Morgan fingerprint density at radius 3 is 2.44 bits per heavy atom. The number of piperazine rings is 1. The molecule has 27 heavy (non-hydrogen) atoms. The van der Waals surface area contributed by atoms with Crippen LogP contribution in [-0.4, -0.2) is 61.7 Å². The second kappa shape index (κ2) is 8.61. The molecule has 146 valence electrons. The van der Waals surface area contributed by atoms with Crippen LogP contribution in [0.5, 0.6) is 0 Å². The molecule has 0 spiro atoms. The average molecular weight is 378 g/mol. The molecule has 4 nitrogen and oxygen atoms in total. The lowest BCUT2D eigenvalue weighted by Crippen LogP contribution is -2.52. The van der Waals surface area contributed by atoms with Gasteiger partial charge in [-0.3, -0.25) is 9.89 Å². The lowest BCUT2D eigenvalue weighted by atomic mass is 10.0. The van der Waals surface area contributed by atoms with Crippen LogP contribution in [-0.2, 0) is 6.54 Å². The number of aliphatic imine (C=N–C) groups is 1. The van der Waals surface area contributed by atoms with E-state index in [0.29, 0.717) is 5.96 Å². The van der Waals surface area contributed by atoms with Gasteiger partial charge in [0.1, 0.15) is 0 Å². The number of rotatable bonds is 4. The molecule has 1 aliphatic heterocycles. The fraction of sp³-hybridized carbons (Fsp3) is 0.450. The molecule has 0 atom stereocenters. The summed E-state index contributed by atoms with van der Waals surface area (Å²) >= 11 is 0. The van der Waals surface area contributed by atoms with E-state index in [4.69, 9.17) is 0 Å². The molecule has 0 amide bonds. The molecule has 2 aromatic rings. The molecular weight excluding hydrogens is 353 g/mol. The quantitative estimate of drug-likeness (QED) is 0.653. The highest BCUT2D eigenvalue weighted by Gasteiger charge is 2.27. The van der Waals surface area contributed by atoms with Crippen molar-refractivity contribution < 1.29 is 13.2 Å². The van der Waals surface area contributed by atoms with E-state index in [1.165, 1.54) is 16.3 Å². The smallest absolute Gasteiger partial charge is 0.356 e.